The summed E-state index contributed by atoms with van der Waals surface area (Å²) in [6.07, 6.45) is 0. The summed E-state index contributed by atoms with van der Waals surface area (Å²) < 4.78 is 14.8. The topological polar surface area (TPSA) is 12.0 Å². The molecule has 2 aromatic rings. The van der Waals surface area contributed by atoms with Gasteiger partial charge in [-0.2, -0.15) is 0 Å². The Labute approximate surface area is 114 Å². The van der Waals surface area contributed by atoms with Crippen LogP contribution in [0.4, 0.5) is 10.1 Å². The van der Waals surface area contributed by atoms with Gasteiger partial charge in [-0.15, -0.1) is 11.3 Å². The fourth-order valence-electron chi connectivity index (χ4n) is 1.25. The smallest absolute Gasteiger partial charge is 0.139 e. The van der Waals surface area contributed by atoms with E-state index in [2.05, 4.69) is 42.6 Å². The highest BCUT2D eigenvalue weighted by atomic mass is 79.9. The second kappa shape index (κ2) is 5.29. The van der Waals surface area contributed by atoms with Crippen LogP contribution in [0.1, 0.15) is 5.56 Å². The maximum Gasteiger partial charge on any atom is 0.139 e. The van der Waals surface area contributed by atoms with Crippen LogP contribution in [0, 0.1) is 5.82 Å². The molecule has 0 amide bonds. The van der Waals surface area contributed by atoms with Crippen molar-refractivity contribution in [2.24, 2.45) is 0 Å². The summed E-state index contributed by atoms with van der Waals surface area (Å²) >= 11 is 8.17. The minimum atomic E-state index is -0.253. The van der Waals surface area contributed by atoms with Crippen LogP contribution in [-0.2, 0) is 6.54 Å². The van der Waals surface area contributed by atoms with E-state index in [0.717, 1.165) is 9.47 Å². The first kappa shape index (κ1) is 12.1. The van der Waals surface area contributed by atoms with Crippen LogP contribution < -0.4 is 5.32 Å². The molecule has 0 saturated carbocycles. The average molecular weight is 365 g/mol. The summed E-state index contributed by atoms with van der Waals surface area (Å²) in [5.41, 5.74) is 1.96. The quantitative estimate of drug-likeness (QED) is 0.805. The molecule has 0 saturated heterocycles. The Morgan fingerprint density at radius 1 is 1.25 bits per heavy atom. The lowest BCUT2D eigenvalue weighted by Gasteiger charge is -2.05. The van der Waals surface area contributed by atoms with Crippen molar-refractivity contribution in [1.29, 1.82) is 0 Å². The van der Waals surface area contributed by atoms with Crippen molar-refractivity contribution in [3.8, 4) is 0 Å². The van der Waals surface area contributed by atoms with Crippen molar-refractivity contribution in [2.75, 3.05) is 5.32 Å². The Morgan fingerprint density at radius 2 is 2.06 bits per heavy atom. The second-order valence-corrected chi connectivity index (χ2v) is 6.39. The third-order valence-electron chi connectivity index (χ3n) is 2.04. The maximum absolute atomic E-state index is 13.2. The third-order valence-corrected chi connectivity index (χ3v) is 4.23. The van der Waals surface area contributed by atoms with E-state index in [1.165, 1.54) is 11.6 Å². The lowest BCUT2D eigenvalue weighted by atomic mass is 10.3. The Kier molecular flexibility index (Phi) is 4.00. The van der Waals surface area contributed by atoms with Gasteiger partial charge in [0, 0.05) is 12.2 Å². The SMILES string of the molecule is Fc1cc(NCc2csc(Br)c2)ccc1Br. The van der Waals surface area contributed by atoms with E-state index in [4.69, 9.17) is 0 Å². The van der Waals surface area contributed by atoms with Gasteiger partial charge in [0.25, 0.3) is 0 Å². The lowest BCUT2D eigenvalue weighted by Crippen LogP contribution is -1.98. The Balaban J connectivity index is 2.02. The molecule has 0 atom stereocenters. The summed E-state index contributed by atoms with van der Waals surface area (Å²) in [5, 5.41) is 5.23. The Morgan fingerprint density at radius 3 is 2.69 bits per heavy atom. The van der Waals surface area contributed by atoms with Gasteiger partial charge in [-0.1, -0.05) is 0 Å². The van der Waals surface area contributed by atoms with E-state index in [1.807, 2.05) is 12.1 Å². The van der Waals surface area contributed by atoms with Crippen molar-refractivity contribution in [3.63, 3.8) is 0 Å². The number of benzene rings is 1. The van der Waals surface area contributed by atoms with Gasteiger partial charge in [0.15, 0.2) is 0 Å². The zero-order valence-corrected chi connectivity index (χ0v) is 12.1. The molecule has 0 aliphatic heterocycles. The number of rotatable bonds is 3. The molecule has 0 fully saturated rings. The minimum absolute atomic E-state index is 0.253. The summed E-state index contributed by atoms with van der Waals surface area (Å²) in [6, 6.07) is 7.06. The van der Waals surface area contributed by atoms with Crippen LogP contribution in [0.15, 0.2) is 37.9 Å². The molecule has 2 rings (SSSR count). The molecule has 1 heterocycles. The first-order valence-corrected chi connectivity index (χ1v) is 7.03. The predicted octanol–water partition coefficient (Wildman–Crippen LogP) is 5.02. The number of anilines is 1. The largest absolute Gasteiger partial charge is 0.381 e. The van der Waals surface area contributed by atoms with Crippen molar-refractivity contribution < 1.29 is 4.39 Å². The number of hydrogen-bond donors (Lipinski definition) is 1. The first-order chi connectivity index (χ1) is 7.65. The summed E-state index contributed by atoms with van der Waals surface area (Å²) in [5.74, 6) is -0.253. The number of hydrogen-bond acceptors (Lipinski definition) is 2. The molecular weight excluding hydrogens is 357 g/mol. The van der Waals surface area contributed by atoms with E-state index < -0.39 is 0 Å². The van der Waals surface area contributed by atoms with E-state index >= 15 is 0 Å². The highest BCUT2D eigenvalue weighted by Crippen LogP contribution is 2.23. The second-order valence-electron chi connectivity index (χ2n) is 3.24. The highest BCUT2D eigenvalue weighted by Gasteiger charge is 2.01. The van der Waals surface area contributed by atoms with E-state index in [9.17, 15) is 4.39 Å². The van der Waals surface area contributed by atoms with Crippen molar-refractivity contribution in [1.82, 2.24) is 0 Å². The number of nitrogens with one attached hydrogen (secondary N) is 1. The van der Waals surface area contributed by atoms with Gasteiger partial charge < -0.3 is 5.32 Å². The van der Waals surface area contributed by atoms with Crippen molar-refractivity contribution >= 4 is 48.9 Å². The summed E-state index contributed by atoms with van der Waals surface area (Å²) in [7, 11) is 0. The molecule has 0 bridgehead atoms. The summed E-state index contributed by atoms with van der Waals surface area (Å²) in [4.78, 5) is 0. The fraction of sp³-hybridized carbons (Fsp3) is 0.0909. The molecule has 1 nitrogen and oxygen atoms in total. The fourth-order valence-corrected chi connectivity index (χ4v) is 2.70. The zero-order valence-electron chi connectivity index (χ0n) is 8.14. The van der Waals surface area contributed by atoms with Gasteiger partial charge in [0.05, 0.1) is 8.26 Å². The van der Waals surface area contributed by atoms with Crippen LogP contribution in [0.5, 0.6) is 0 Å². The lowest BCUT2D eigenvalue weighted by molar-refractivity contribution is 0.621. The van der Waals surface area contributed by atoms with Crippen molar-refractivity contribution in [2.45, 2.75) is 6.54 Å². The normalized spacial score (nSPS) is 10.4. The van der Waals surface area contributed by atoms with E-state index in [0.29, 0.717) is 11.0 Å². The van der Waals surface area contributed by atoms with E-state index in [1.54, 1.807) is 17.4 Å². The number of thiophene rings is 1. The van der Waals surface area contributed by atoms with Gasteiger partial charge in [0.2, 0.25) is 0 Å². The molecule has 1 aromatic heterocycles. The maximum atomic E-state index is 13.2. The third kappa shape index (κ3) is 3.06. The van der Waals surface area contributed by atoms with Gasteiger partial charge in [0.1, 0.15) is 5.82 Å². The number of halogens is 3. The first-order valence-electron chi connectivity index (χ1n) is 4.57. The van der Waals surface area contributed by atoms with Gasteiger partial charge in [-0.3, -0.25) is 0 Å². The molecule has 84 valence electrons. The van der Waals surface area contributed by atoms with Gasteiger partial charge in [-0.05, 0) is 67.1 Å². The molecule has 1 N–H and O–H groups in total. The monoisotopic (exact) mass is 363 g/mol. The Bertz CT molecular complexity index is 498. The molecule has 0 radical (unpaired) electrons. The summed E-state index contributed by atoms with van der Waals surface area (Å²) in [6.45, 7) is 0.698. The molecule has 5 heteroatoms. The molecule has 0 aliphatic carbocycles. The molecule has 16 heavy (non-hydrogen) atoms. The minimum Gasteiger partial charge on any atom is -0.381 e. The molecular formula is C11H8Br2FNS. The van der Waals surface area contributed by atoms with E-state index in [-0.39, 0.29) is 5.82 Å². The average Bonchev–Trinajstić information content (AvgIpc) is 2.66. The highest BCUT2D eigenvalue weighted by molar-refractivity contribution is 9.11. The predicted molar refractivity (Wildman–Crippen MR) is 73.4 cm³/mol. The standard InChI is InChI=1S/C11H8Br2FNS/c12-9-2-1-8(4-10(9)14)15-5-7-3-11(13)16-6-7/h1-4,6,15H,5H2. The molecule has 1 aromatic carbocycles. The molecule has 0 aliphatic rings. The van der Waals surface area contributed by atoms with Gasteiger partial charge in [-0.25, -0.2) is 4.39 Å². The zero-order chi connectivity index (χ0) is 11.5. The van der Waals surface area contributed by atoms with Crippen LogP contribution in [-0.4, -0.2) is 0 Å². The Hall–Kier alpha value is -0.390. The van der Waals surface area contributed by atoms with Crippen LogP contribution >= 0.6 is 43.2 Å². The molecule has 0 spiro atoms. The van der Waals surface area contributed by atoms with Gasteiger partial charge >= 0.3 is 0 Å². The molecule has 0 unspecified atom stereocenters. The van der Waals surface area contributed by atoms with Crippen LogP contribution in [0.3, 0.4) is 0 Å². The van der Waals surface area contributed by atoms with Crippen LogP contribution in [0.25, 0.3) is 0 Å². The van der Waals surface area contributed by atoms with Crippen LogP contribution in [0.2, 0.25) is 0 Å². The van der Waals surface area contributed by atoms with Crippen molar-refractivity contribution in [3.05, 3.63) is 49.3 Å².